The number of fused-ring (bicyclic) bond motifs is 1. The van der Waals surface area contributed by atoms with Gasteiger partial charge in [0.1, 0.15) is 5.75 Å². The highest BCUT2D eigenvalue weighted by atomic mass is 32.1. The van der Waals surface area contributed by atoms with Crippen LogP contribution in [0, 0.1) is 0 Å². The van der Waals surface area contributed by atoms with Gasteiger partial charge in [-0.1, -0.05) is 29.5 Å². The maximum absolute atomic E-state index is 12.9. The first-order chi connectivity index (χ1) is 15.0. The molecule has 2 aromatic carbocycles. The van der Waals surface area contributed by atoms with E-state index in [4.69, 9.17) is 14.2 Å². The predicted octanol–water partition coefficient (Wildman–Crippen LogP) is 2.70. The van der Waals surface area contributed by atoms with E-state index in [2.05, 4.69) is 10.1 Å². The van der Waals surface area contributed by atoms with Crippen LogP contribution in [-0.2, 0) is 4.79 Å². The van der Waals surface area contributed by atoms with Gasteiger partial charge < -0.3 is 14.2 Å². The summed E-state index contributed by atoms with van der Waals surface area (Å²) in [5.41, 5.74) is 1.05. The number of carbonyl (C=O) groups is 1. The molecule has 0 radical (unpaired) electrons. The normalized spacial score (nSPS) is 11.6. The van der Waals surface area contributed by atoms with Crippen molar-refractivity contribution in [2.24, 2.45) is 0 Å². The van der Waals surface area contributed by atoms with Gasteiger partial charge in [-0.05, 0) is 42.8 Å². The Morgan fingerprint density at radius 3 is 2.68 bits per heavy atom. The molecule has 0 aliphatic rings. The molecule has 0 fully saturated rings. The maximum Gasteiger partial charge on any atom is 0.308 e. The zero-order chi connectivity index (χ0) is 22.0. The Balaban J connectivity index is 1.74. The standard InChI is InChI=1S/C22H19N3O5S/c1-4-29-17-10-9-14(11-18(17)28-3)12-19-21(27)25-22(31-19)23-20(24-25)15-7-5-6-8-16(15)30-13(2)26/h5-12H,4H2,1-3H3/b19-12-. The number of esters is 1. The number of para-hydroxylation sites is 1. The van der Waals surface area contributed by atoms with Crippen molar-refractivity contribution in [2.75, 3.05) is 13.7 Å². The molecule has 0 saturated heterocycles. The van der Waals surface area contributed by atoms with E-state index in [9.17, 15) is 9.59 Å². The van der Waals surface area contributed by atoms with Gasteiger partial charge in [-0.3, -0.25) is 9.59 Å². The molecule has 9 heteroatoms. The maximum atomic E-state index is 12.9. The monoisotopic (exact) mass is 437 g/mol. The molecule has 0 amide bonds. The molecule has 4 aromatic rings. The predicted molar refractivity (Wildman–Crippen MR) is 117 cm³/mol. The van der Waals surface area contributed by atoms with E-state index in [-0.39, 0.29) is 5.56 Å². The molecule has 158 valence electrons. The molecular weight excluding hydrogens is 418 g/mol. The van der Waals surface area contributed by atoms with Gasteiger partial charge in [-0.25, -0.2) is 0 Å². The fraction of sp³-hybridized carbons (Fsp3) is 0.182. The first-order valence-corrected chi connectivity index (χ1v) is 10.3. The summed E-state index contributed by atoms with van der Waals surface area (Å²) in [6.07, 6.45) is 1.76. The molecule has 0 saturated carbocycles. The number of benzene rings is 2. The summed E-state index contributed by atoms with van der Waals surface area (Å²) >= 11 is 1.22. The second-order valence-corrected chi connectivity index (χ2v) is 7.49. The van der Waals surface area contributed by atoms with E-state index in [1.165, 1.54) is 22.8 Å². The number of thiazole rings is 1. The minimum atomic E-state index is -0.444. The van der Waals surface area contributed by atoms with Gasteiger partial charge in [-0.2, -0.15) is 9.50 Å². The summed E-state index contributed by atoms with van der Waals surface area (Å²) in [6, 6.07) is 12.4. The Morgan fingerprint density at radius 1 is 1.16 bits per heavy atom. The lowest BCUT2D eigenvalue weighted by Gasteiger charge is -2.09. The van der Waals surface area contributed by atoms with Crippen LogP contribution < -0.4 is 24.3 Å². The Labute approximate surface area is 181 Å². The molecule has 0 atom stereocenters. The van der Waals surface area contributed by atoms with Crippen LogP contribution in [0.2, 0.25) is 0 Å². The third-order valence-electron chi connectivity index (χ3n) is 4.35. The molecule has 2 aromatic heterocycles. The number of carbonyl (C=O) groups excluding carboxylic acids is 1. The van der Waals surface area contributed by atoms with E-state index < -0.39 is 5.97 Å². The van der Waals surface area contributed by atoms with Crippen LogP contribution in [0.25, 0.3) is 22.4 Å². The Kier molecular flexibility index (Phi) is 5.68. The van der Waals surface area contributed by atoms with Gasteiger partial charge in [0, 0.05) is 6.92 Å². The number of rotatable bonds is 6. The minimum absolute atomic E-state index is 0.281. The molecule has 0 unspecified atom stereocenters. The zero-order valence-electron chi connectivity index (χ0n) is 17.1. The average molecular weight is 437 g/mol. The topological polar surface area (TPSA) is 92.0 Å². The van der Waals surface area contributed by atoms with E-state index >= 15 is 0 Å². The van der Waals surface area contributed by atoms with Gasteiger partial charge in [0.25, 0.3) is 5.56 Å². The summed E-state index contributed by atoms with van der Waals surface area (Å²) in [5.74, 6) is 1.44. The summed E-state index contributed by atoms with van der Waals surface area (Å²) < 4.78 is 17.9. The number of hydrogen-bond acceptors (Lipinski definition) is 8. The number of aromatic nitrogens is 3. The smallest absolute Gasteiger partial charge is 0.308 e. The number of nitrogens with zero attached hydrogens (tertiary/aromatic N) is 3. The molecule has 4 rings (SSSR count). The summed E-state index contributed by atoms with van der Waals surface area (Å²) in [7, 11) is 1.57. The van der Waals surface area contributed by atoms with Crippen LogP contribution in [0.15, 0.2) is 47.3 Å². The van der Waals surface area contributed by atoms with Crippen LogP contribution >= 0.6 is 11.3 Å². The van der Waals surface area contributed by atoms with Crippen molar-refractivity contribution in [3.05, 3.63) is 62.9 Å². The molecule has 0 aliphatic heterocycles. The molecule has 31 heavy (non-hydrogen) atoms. The second kappa shape index (κ2) is 8.57. The fourth-order valence-corrected chi connectivity index (χ4v) is 3.95. The van der Waals surface area contributed by atoms with Crippen molar-refractivity contribution >= 4 is 28.3 Å². The summed E-state index contributed by atoms with van der Waals surface area (Å²) in [6.45, 7) is 3.75. The van der Waals surface area contributed by atoms with Crippen molar-refractivity contribution < 1.29 is 19.0 Å². The molecule has 0 bridgehead atoms. The number of ether oxygens (including phenoxy) is 3. The first kappa shape index (κ1) is 20.5. The van der Waals surface area contributed by atoms with Gasteiger partial charge in [0.05, 0.1) is 23.8 Å². The van der Waals surface area contributed by atoms with Gasteiger partial charge >= 0.3 is 5.97 Å². The summed E-state index contributed by atoms with van der Waals surface area (Å²) in [4.78, 5) is 29.1. The second-order valence-electron chi connectivity index (χ2n) is 6.48. The first-order valence-electron chi connectivity index (χ1n) is 9.50. The minimum Gasteiger partial charge on any atom is -0.493 e. The Hall–Kier alpha value is -3.72. The largest absolute Gasteiger partial charge is 0.493 e. The summed E-state index contributed by atoms with van der Waals surface area (Å²) in [5, 5.41) is 4.33. The van der Waals surface area contributed by atoms with Crippen LogP contribution in [0.3, 0.4) is 0 Å². The average Bonchev–Trinajstić information content (AvgIpc) is 3.28. The van der Waals surface area contributed by atoms with Gasteiger partial charge in [-0.15, -0.1) is 5.10 Å². The van der Waals surface area contributed by atoms with E-state index in [1.807, 2.05) is 13.0 Å². The van der Waals surface area contributed by atoms with E-state index in [0.717, 1.165) is 5.56 Å². The lowest BCUT2D eigenvalue weighted by atomic mass is 10.2. The highest BCUT2D eigenvalue weighted by Gasteiger charge is 2.16. The SMILES string of the molecule is CCOc1ccc(/C=c2\sc3nc(-c4ccccc4OC(C)=O)nn3c2=O)cc1OC. The molecule has 2 heterocycles. The fourth-order valence-electron chi connectivity index (χ4n) is 3.04. The van der Waals surface area contributed by atoms with E-state index in [1.54, 1.807) is 49.6 Å². The lowest BCUT2D eigenvalue weighted by molar-refractivity contribution is -0.131. The molecule has 0 spiro atoms. The molecule has 0 N–H and O–H groups in total. The highest BCUT2D eigenvalue weighted by Crippen LogP contribution is 2.29. The zero-order valence-corrected chi connectivity index (χ0v) is 17.9. The van der Waals surface area contributed by atoms with Crippen LogP contribution in [0.1, 0.15) is 19.4 Å². The van der Waals surface area contributed by atoms with E-state index in [0.29, 0.717) is 44.7 Å². The quantitative estimate of drug-likeness (QED) is 0.338. The van der Waals surface area contributed by atoms with Crippen LogP contribution in [0.5, 0.6) is 17.2 Å². The third kappa shape index (κ3) is 4.13. The van der Waals surface area contributed by atoms with Gasteiger partial charge in [0.15, 0.2) is 17.3 Å². The molecular formula is C22H19N3O5S. The highest BCUT2D eigenvalue weighted by molar-refractivity contribution is 7.15. The van der Waals surface area contributed by atoms with Crippen LogP contribution in [0.4, 0.5) is 0 Å². The van der Waals surface area contributed by atoms with Crippen molar-refractivity contribution in [3.8, 4) is 28.6 Å². The van der Waals surface area contributed by atoms with Crippen molar-refractivity contribution in [3.63, 3.8) is 0 Å². The lowest BCUT2D eigenvalue weighted by Crippen LogP contribution is -2.23. The van der Waals surface area contributed by atoms with Crippen molar-refractivity contribution in [1.29, 1.82) is 0 Å². The van der Waals surface area contributed by atoms with Crippen molar-refractivity contribution in [1.82, 2.24) is 14.6 Å². The third-order valence-corrected chi connectivity index (χ3v) is 5.31. The number of methoxy groups -OCH3 is 1. The van der Waals surface area contributed by atoms with Crippen molar-refractivity contribution in [2.45, 2.75) is 13.8 Å². The number of hydrogen-bond donors (Lipinski definition) is 0. The van der Waals surface area contributed by atoms with Gasteiger partial charge in [0.2, 0.25) is 4.96 Å². The molecule has 8 nitrogen and oxygen atoms in total. The Bertz CT molecular complexity index is 1380. The Morgan fingerprint density at radius 2 is 1.97 bits per heavy atom. The van der Waals surface area contributed by atoms with Crippen LogP contribution in [-0.4, -0.2) is 34.3 Å². The molecule has 0 aliphatic carbocycles.